The smallest absolute Gasteiger partial charge is 0.344 e. The molecule has 0 aliphatic heterocycles. The second kappa shape index (κ2) is 12.4. The van der Waals surface area contributed by atoms with Crippen molar-refractivity contribution in [2.24, 2.45) is 0 Å². The molecule has 3 nitrogen and oxygen atoms in total. The Morgan fingerprint density at radius 3 is 2.11 bits per heavy atom. The maximum absolute atomic E-state index is 11.6. The van der Waals surface area contributed by atoms with Crippen molar-refractivity contribution in [1.29, 1.82) is 0 Å². The highest BCUT2D eigenvalue weighted by molar-refractivity contribution is 5.88. The topological polar surface area (TPSA) is 46.5 Å². The fraction of sp³-hybridized carbons (Fsp3) is 0.542. The number of rotatable bonds is 14. The van der Waals surface area contributed by atoms with Crippen molar-refractivity contribution in [1.82, 2.24) is 0 Å². The molecule has 27 heavy (non-hydrogen) atoms. The average Bonchev–Trinajstić information content (AvgIpc) is 2.68. The van der Waals surface area contributed by atoms with Gasteiger partial charge in [0.2, 0.25) is 0 Å². The molecule has 0 bridgehead atoms. The number of carboxylic acids is 1. The van der Waals surface area contributed by atoms with E-state index in [4.69, 9.17) is 4.74 Å². The van der Waals surface area contributed by atoms with Crippen LogP contribution in [0.25, 0.3) is 10.8 Å². The molecule has 0 radical (unpaired) electrons. The Morgan fingerprint density at radius 2 is 1.44 bits per heavy atom. The Labute approximate surface area is 163 Å². The Balaban J connectivity index is 1.71. The molecule has 0 amide bonds. The van der Waals surface area contributed by atoms with E-state index in [-0.39, 0.29) is 0 Å². The summed E-state index contributed by atoms with van der Waals surface area (Å²) in [6.07, 6.45) is 12.2. The van der Waals surface area contributed by atoms with E-state index >= 15 is 0 Å². The van der Waals surface area contributed by atoms with Gasteiger partial charge >= 0.3 is 5.97 Å². The van der Waals surface area contributed by atoms with Gasteiger partial charge in [0.1, 0.15) is 5.75 Å². The first-order valence-electron chi connectivity index (χ1n) is 10.6. The van der Waals surface area contributed by atoms with Crippen molar-refractivity contribution in [3.8, 4) is 5.75 Å². The summed E-state index contributed by atoms with van der Waals surface area (Å²) >= 11 is 0. The summed E-state index contributed by atoms with van der Waals surface area (Å²) < 4.78 is 5.87. The minimum absolute atomic E-state index is 0.565. The summed E-state index contributed by atoms with van der Waals surface area (Å²) in [5.74, 6) is -0.216. The van der Waals surface area contributed by atoms with Crippen molar-refractivity contribution >= 4 is 16.7 Å². The van der Waals surface area contributed by atoms with Gasteiger partial charge in [0.25, 0.3) is 0 Å². The Hall–Kier alpha value is -2.03. The fourth-order valence-electron chi connectivity index (χ4n) is 3.50. The van der Waals surface area contributed by atoms with Gasteiger partial charge < -0.3 is 9.84 Å². The molecule has 0 saturated heterocycles. The molecule has 1 unspecified atom stereocenters. The van der Waals surface area contributed by atoms with Gasteiger partial charge in [-0.3, -0.25) is 0 Å². The maximum atomic E-state index is 11.6. The Morgan fingerprint density at radius 1 is 0.852 bits per heavy atom. The van der Waals surface area contributed by atoms with Crippen LogP contribution in [-0.4, -0.2) is 17.2 Å². The van der Waals surface area contributed by atoms with Crippen molar-refractivity contribution in [3.63, 3.8) is 0 Å². The minimum Gasteiger partial charge on any atom is -0.479 e. The molecule has 2 rings (SSSR count). The van der Waals surface area contributed by atoms with E-state index in [0.717, 1.165) is 23.6 Å². The van der Waals surface area contributed by atoms with Crippen LogP contribution < -0.4 is 4.74 Å². The summed E-state index contributed by atoms with van der Waals surface area (Å²) in [5.41, 5.74) is 0. The van der Waals surface area contributed by atoms with Crippen molar-refractivity contribution < 1.29 is 14.6 Å². The van der Waals surface area contributed by atoms with Gasteiger partial charge in [0.05, 0.1) is 0 Å². The maximum Gasteiger partial charge on any atom is 0.344 e. The molecule has 0 aliphatic carbocycles. The van der Waals surface area contributed by atoms with E-state index in [1.807, 2.05) is 42.5 Å². The van der Waals surface area contributed by atoms with Crippen LogP contribution in [0, 0.1) is 0 Å². The number of fused-ring (bicyclic) bond motifs is 1. The highest BCUT2D eigenvalue weighted by atomic mass is 16.5. The molecule has 148 valence electrons. The zero-order valence-corrected chi connectivity index (χ0v) is 16.7. The summed E-state index contributed by atoms with van der Waals surface area (Å²) in [6.45, 7) is 2.24. The van der Waals surface area contributed by atoms with Gasteiger partial charge in [-0.05, 0) is 24.3 Å². The van der Waals surface area contributed by atoms with Gasteiger partial charge in [-0.1, -0.05) is 101 Å². The zero-order chi connectivity index (χ0) is 19.3. The van der Waals surface area contributed by atoms with E-state index in [2.05, 4.69) is 6.92 Å². The molecule has 0 heterocycles. The van der Waals surface area contributed by atoms with E-state index in [1.165, 1.54) is 51.4 Å². The first-order chi connectivity index (χ1) is 13.2. The molecule has 3 heteroatoms. The highest BCUT2D eigenvalue weighted by Crippen LogP contribution is 2.27. The van der Waals surface area contributed by atoms with E-state index in [1.54, 1.807) is 0 Å². The summed E-state index contributed by atoms with van der Waals surface area (Å²) in [7, 11) is 0. The summed E-state index contributed by atoms with van der Waals surface area (Å²) in [5, 5.41) is 11.6. The van der Waals surface area contributed by atoms with Crippen LogP contribution in [0.4, 0.5) is 0 Å². The van der Waals surface area contributed by atoms with E-state index in [9.17, 15) is 9.90 Å². The van der Waals surface area contributed by atoms with Crippen molar-refractivity contribution in [2.75, 3.05) is 0 Å². The largest absolute Gasteiger partial charge is 0.479 e. The summed E-state index contributed by atoms with van der Waals surface area (Å²) in [6, 6.07) is 13.7. The molecular formula is C24H34O3. The number of benzene rings is 2. The fourth-order valence-corrected chi connectivity index (χ4v) is 3.50. The predicted octanol–water partition coefficient (Wildman–Crippen LogP) is 6.98. The lowest BCUT2D eigenvalue weighted by molar-refractivity contribution is -0.145. The lowest BCUT2D eigenvalue weighted by atomic mass is 10.0. The molecular weight excluding hydrogens is 336 g/mol. The van der Waals surface area contributed by atoms with Gasteiger partial charge in [0.15, 0.2) is 6.10 Å². The number of hydrogen-bond acceptors (Lipinski definition) is 2. The summed E-state index contributed by atoms with van der Waals surface area (Å²) in [4.78, 5) is 11.6. The lowest BCUT2D eigenvalue weighted by Gasteiger charge is -2.16. The molecule has 0 aromatic heterocycles. The van der Waals surface area contributed by atoms with Crippen LogP contribution >= 0.6 is 0 Å². The Bertz CT molecular complexity index is 675. The third-order valence-electron chi connectivity index (χ3n) is 5.11. The number of ether oxygens (including phenoxy) is 1. The third kappa shape index (κ3) is 7.62. The molecule has 1 N–H and O–H groups in total. The Kier molecular flexibility index (Phi) is 9.75. The van der Waals surface area contributed by atoms with Crippen LogP contribution in [0.1, 0.15) is 77.6 Å². The molecule has 0 fully saturated rings. The lowest BCUT2D eigenvalue weighted by Crippen LogP contribution is -2.27. The number of hydrogen-bond donors (Lipinski definition) is 1. The molecule has 0 spiro atoms. The molecule has 2 aromatic carbocycles. The van der Waals surface area contributed by atoms with Crippen LogP contribution in [0.15, 0.2) is 42.5 Å². The average molecular weight is 371 g/mol. The standard InChI is InChI=1S/C24H34O3/c1-2-3-4-5-6-7-8-9-10-11-18-23(24(25)26)27-22-19-14-16-20-15-12-13-17-21(20)22/h12-17,19,23H,2-11,18H2,1H3,(H,25,26). The first kappa shape index (κ1) is 21.3. The van der Waals surface area contributed by atoms with Crippen LogP contribution in [0.5, 0.6) is 5.75 Å². The number of carboxylic acid groups (broad SMARTS) is 1. The number of unbranched alkanes of at least 4 members (excludes halogenated alkanes) is 9. The molecule has 0 aliphatic rings. The highest BCUT2D eigenvalue weighted by Gasteiger charge is 2.19. The second-order valence-corrected chi connectivity index (χ2v) is 7.39. The van der Waals surface area contributed by atoms with Crippen LogP contribution in [-0.2, 0) is 4.79 Å². The molecule has 2 aromatic rings. The quantitative estimate of drug-likeness (QED) is 0.365. The number of aliphatic carboxylic acids is 1. The third-order valence-corrected chi connectivity index (χ3v) is 5.11. The van der Waals surface area contributed by atoms with Crippen molar-refractivity contribution in [3.05, 3.63) is 42.5 Å². The van der Waals surface area contributed by atoms with E-state index in [0.29, 0.717) is 12.2 Å². The van der Waals surface area contributed by atoms with Crippen LogP contribution in [0.3, 0.4) is 0 Å². The first-order valence-corrected chi connectivity index (χ1v) is 10.6. The normalized spacial score (nSPS) is 12.2. The monoisotopic (exact) mass is 370 g/mol. The SMILES string of the molecule is CCCCCCCCCCCCC(Oc1cccc2ccccc12)C(=O)O. The van der Waals surface area contributed by atoms with Gasteiger partial charge in [0, 0.05) is 5.39 Å². The zero-order valence-electron chi connectivity index (χ0n) is 16.7. The van der Waals surface area contributed by atoms with Gasteiger partial charge in [-0.25, -0.2) is 4.79 Å². The van der Waals surface area contributed by atoms with Crippen molar-refractivity contribution in [2.45, 2.75) is 83.7 Å². The van der Waals surface area contributed by atoms with Gasteiger partial charge in [-0.15, -0.1) is 0 Å². The second-order valence-electron chi connectivity index (χ2n) is 7.39. The minimum atomic E-state index is -0.876. The van der Waals surface area contributed by atoms with E-state index < -0.39 is 12.1 Å². The molecule has 1 atom stereocenters. The predicted molar refractivity (Wildman–Crippen MR) is 112 cm³/mol. The molecule has 0 saturated carbocycles. The van der Waals surface area contributed by atoms with Crippen LogP contribution in [0.2, 0.25) is 0 Å². The number of carbonyl (C=O) groups is 1. The van der Waals surface area contributed by atoms with Gasteiger partial charge in [-0.2, -0.15) is 0 Å².